The van der Waals surface area contributed by atoms with E-state index in [1.54, 1.807) is 7.11 Å². The largest absolute Gasteiger partial charge is 0.495 e. The molecule has 112 valence electrons. The smallest absolute Gasteiger partial charge is 0.137 e. The Morgan fingerprint density at radius 1 is 1.27 bits per heavy atom. The Bertz CT molecular complexity index is 726. The van der Waals surface area contributed by atoms with Gasteiger partial charge in [-0.05, 0) is 47.2 Å². The third kappa shape index (κ3) is 2.76. The van der Waals surface area contributed by atoms with E-state index in [4.69, 9.17) is 21.9 Å². The Morgan fingerprint density at radius 3 is 2.73 bits per heavy atom. The van der Waals surface area contributed by atoms with E-state index in [2.05, 4.69) is 22.2 Å². The molecule has 0 unspecified atom stereocenters. The topological polar surface area (TPSA) is 58.0 Å². The van der Waals surface area contributed by atoms with Gasteiger partial charge in [-0.1, -0.05) is 47.0 Å². The Kier molecular flexibility index (Phi) is 4.23. The van der Waals surface area contributed by atoms with E-state index in [0.717, 1.165) is 12.0 Å². The predicted molar refractivity (Wildman–Crippen MR) is 87.5 cm³/mol. The summed E-state index contributed by atoms with van der Waals surface area (Å²) in [5.74, 6) is 0.871. The van der Waals surface area contributed by atoms with Crippen molar-refractivity contribution in [2.75, 3.05) is 7.11 Å². The van der Waals surface area contributed by atoms with Gasteiger partial charge in [0.25, 0.3) is 0 Å². The number of halogens is 1. The lowest BCUT2D eigenvalue weighted by Gasteiger charge is -2.30. The summed E-state index contributed by atoms with van der Waals surface area (Å²) >= 11 is 6.25. The van der Waals surface area contributed by atoms with E-state index in [9.17, 15) is 0 Å². The number of azide groups is 1. The lowest BCUT2D eigenvalue weighted by molar-refractivity contribution is 0.412. The van der Waals surface area contributed by atoms with E-state index < -0.39 is 0 Å². The van der Waals surface area contributed by atoms with E-state index in [1.807, 2.05) is 30.3 Å². The Morgan fingerprint density at radius 2 is 2.05 bits per heavy atom. The van der Waals surface area contributed by atoms with Gasteiger partial charge in [0.2, 0.25) is 0 Å². The van der Waals surface area contributed by atoms with Crippen molar-refractivity contribution < 1.29 is 4.74 Å². The molecule has 0 fully saturated rings. The van der Waals surface area contributed by atoms with Crippen LogP contribution in [0.25, 0.3) is 10.4 Å². The lowest BCUT2D eigenvalue weighted by Crippen LogP contribution is -2.22. The van der Waals surface area contributed by atoms with Crippen LogP contribution in [0, 0.1) is 0 Å². The summed E-state index contributed by atoms with van der Waals surface area (Å²) in [6.07, 6.45) is 1.51. The van der Waals surface area contributed by atoms with Crippen molar-refractivity contribution in [2.45, 2.75) is 24.8 Å². The van der Waals surface area contributed by atoms with Crippen LogP contribution in [0.15, 0.2) is 47.6 Å². The summed E-state index contributed by atoms with van der Waals surface area (Å²) in [6, 6.07) is 14.2. The fourth-order valence-electron chi connectivity index (χ4n) is 3.17. The standard InChI is InChI=1S/C17H16ClN3O/c1-22-17-10-15-12(8-16(17)18)7-13(20-21-19)9-14(15)11-5-3-2-4-6-11/h2-6,8,10,13-14H,7,9H2,1H3/t13-,14+/m0/s1. The second-order valence-corrected chi connectivity index (χ2v) is 5.85. The first-order valence-electron chi connectivity index (χ1n) is 7.18. The monoisotopic (exact) mass is 313 g/mol. The van der Waals surface area contributed by atoms with Gasteiger partial charge < -0.3 is 4.74 Å². The number of benzene rings is 2. The third-order valence-electron chi connectivity index (χ3n) is 4.17. The summed E-state index contributed by atoms with van der Waals surface area (Å²) in [5.41, 5.74) is 12.3. The van der Waals surface area contributed by atoms with Crippen LogP contribution in [0.3, 0.4) is 0 Å². The van der Waals surface area contributed by atoms with Gasteiger partial charge in [-0.25, -0.2) is 0 Å². The molecule has 0 saturated carbocycles. The van der Waals surface area contributed by atoms with Crippen molar-refractivity contribution in [3.05, 3.63) is 74.6 Å². The number of hydrogen-bond donors (Lipinski definition) is 0. The quantitative estimate of drug-likeness (QED) is 0.441. The molecule has 0 N–H and O–H groups in total. The fraction of sp³-hybridized carbons (Fsp3) is 0.294. The summed E-state index contributed by atoms with van der Waals surface area (Å²) in [6.45, 7) is 0. The molecule has 1 aliphatic carbocycles. The minimum atomic E-state index is -0.0489. The van der Waals surface area contributed by atoms with E-state index >= 15 is 0 Å². The maximum Gasteiger partial charge on any atom is 0.137 e. The van der Waals surface area contributed by atoms with E-state index in [0.29, 0.717) is 17.2 Å². The third-order valence-corrected chi connectivity index (χ3v) is 4.46. The molecule has 0 saturated heterocycles. The number of nitrogens with zero attached hydrogens (tertiary/aromatic N) is 3. The molecule has 0 heterocycles. The second-order valence-electron chi connectivity index (χ2n) is 5.45. The molecule has 5 heteroatoms. The molecule has 0 amide bonds. The molecule has 3 rings (SSSR count). The molecule has 0 bridgehead atoms. The van der Waals surface area contributed by atoms with Crippen LogP contribution >= 0.6 is 11.6 Å². The zero-order valence-electron chi connectivity index (χ0n) is 12.2. The molecule has 4 nitrogen and oxygen atoms in total. The zero-order chi connectivity index (χ0) is 15.5. The summed E-state index contributed by atoms with van der Waals surface area (Å²) < 4.78 is 5.36. The molecule has 2 atom stereocenters. The maximum atomic E-state index is 8.77. The first-order valence-corrected chi connectivity index (χ1v) is 7.56. The van der Waals surface area contributed by atoms with Crippen molar-refractivity contribution in [1.29, 1.82) is 0 Å². The summed E-state index contributed by atoms with van der Waals surface area (Å²) in [7, 11) is 1.62. The van der Waals surface area contributed by atoms with Crippen LogP contribution in [0.5, 0.6) is 5.75 Å². The fourth-order valence-corrected chi connectivity index (χ4v) is 3.43. The number of methoxy groups -OCH3 is 1. The average Bonchev–Trinajstić information content (AvgIpc) is 2.54. The van der Waals surface area contributed by atoms with Crippen molar-refractivity contribution in [1.82, 2.24) is 0 Å². The Balaban J connectivity index is 2.12. The molecule has 1 aliphatic rings. The molecular formula is C17H16ClN3O. The average molecular weight is 314 g/mol. The molecule has 2 aromatic rings. The number of hydrogen-bond acceptors (Lipinski definition) is 2. The maximum absolute atomic E-state index is 8.77. The highest BCUT2D eigenvalue weighted by atomic mass is 35.5. The van der Waals surface area contributed by atoms with Gasteiger partial charge in [-0.2, -0.15) is 0 Å². The number of ether oxygens (including phenoxy) is 1. The van der Waals surface area contributed by atoms with Gasteiger partial charge in [0, 0.05) is 16.9 Å². The van der Waals surface area contributed by atoms with Crippen molar-refractivity contribution in [3.63, 3.8) is 0 Å². The van der Waals surface area contributed by atoms with Crippen LogP contribution in [0.1, 0.15) is 29.0 Å². The van der Waals surface area contributed by atoms with Gasteiger partial charge >= 0.3 is 0 Å². The first-order chi connectivity index (χ1) is 10.7. The van der Waals surface area contributed by atoms with Crippen LogP contribution in [0.4, 0.5) is 0 Å². The van der Waals surface area contributed by atoms with E-state index in [1.165, 1.54) is 11.1 Å². The number of rotatable bonds is 3. The zero-order valence-corrected chi connectivity index (χ0v) is 13.0. The molecule has 0 aliphatic heterocycles. The van der Waals surface area contributed by atoms with E-state index in [-0.39, 0.29) is 12.0 Å². The molecule has 0 aromatic heterocycles. The van der Waals surface area contributed by atoms with Gasteiger partial charge in [0.05, 0.1) is 12.1 Å². The molecule has 0 spiro atoms. The van der Waals surface area contributed by atoms with Gasteiger partial charge in [-0.3, -0.25) is 0 Å². The van der Waals surface area contributed by atoms with Crippen molar-refractivity contribution >= 4 is 11.6 Å². The predicted octanol–water partition coefficient (Wildman–Crippen LogP) is 5.11. The van der Waals surface area contributed by atoms with Crippen LogP contribution < -0.4 is 4.74 Å². The highest BCUT2D eigenvalue weighted by Gasteiger charge is 2.28. The molecule has 0 radical (unpaired) electrons. The second kappa shape index (κ2) is 6.30. The highest BCUT2D eigenvalue weighted by molar-refractivity contribution is 6.32. The Labute approximate surface area is 134 Å². The van der Waals surface area contributed by atoms with Gasteiger partial charge in [0.15, 0.2) is 0 Å². The lowest BCUT2D eigenvalue weighted by atomic mass is 9.77. The normalized spacial score (nSPS) is 19.9. The van der Waals surface area contributed by atoms with Crippen LogP contribution in [0.2, 0.25) is 5.02 Å². The first kappa shape index (κ1) is 14.8. The van der Waals surface area contributed by atoms with Crippen LogP contribution in [-0.2, 0) is 6.42 Å². The van der Waals surface area contributed by atoms with Crippen LogP contribution in [-0.4, -0.2) is 13.2 Å². The summed E-state index contributed by atoms with van der Waals surface area (Å²) in [4.78, 5) is 2.98. The van der Waals surface area contributed by atoms with Gasteiger partial charge in [0.1, 0.15) is 5.75 Å². The van der Waals surface area contributed by atoms with Crippen molar-refractivity contribution in [2.24, 2.45) is 5.11 Å². The summed E-state index contributed by atoms with van der Waals surface area (Å²) in [5, 5.41) is 4.53. The minimum Gasteiger partial charge on any atom is -0.495 e. The Hall–Kier alpha value is -2.16. The molecule has 22 heavy (non-hydrogen) atoms. The van der Waals surface area contributed by atoms with Crippen molar-refractivity contribution in [3.8, 4) is 5.75 Å². The minimum absolute atomic E-state index is 0.0489. The highest BCUT2D eigenvalue weighted by Crippen LogP contribution is 2.41. The number of fused-ring (bicyclic) bond motifs is 1. The molecular weight excluding hydrogens is 298 g/mol. The SMILES string of the molecule is COc1cc2c(cc1Cl)C[C@H](N=[N+]=[N-])C[C@@H]2c1ccccc1. The van der Waals surface area contributed by atoms with Gasteiger partial charge in [-0.15, -0.1) is 0 Å². The molecule has 2 aromatic carbocycles.